The second-order valence-electron chi connectivity index (χ2n) is 7.47. The Kier molecular flexibility index (Phi) is 6.06. The Morgan fingerprint density at radius 3 is 2.12 bits per heavy atom. The van der Waals surface area contributed by atoms with Crippen molar-refractivity contribution in [3.63, 3.8) is 0 Å². The molecule has 3 nitrogen and oxygen atoms in total. The van der Waals surface area contributed by atoms with Crippen molar-refractivity contribution in [1.29, 1.82) is 0 Å². The van der Waals surface area contributed by atoms with Gasteiger partial charge in [0.25, 0.3) is 0 Å². The van der Waals surface area contributed by atoms with Crippen LogP contribution in [0.5, 0.6) is 0 Å². The Hall–Kier alpha value is -1.64. The first-order valence-electron chi connectivity index (χ1n) is 9.68. The summed E-state index contributed by atoms with van der Waals surface area (Å²) in [4.78, 5) is 12.2. The van der Waals surface area contributed by atoms with Crippen LogP contribution in [0.4, 0.5) is 0 Å². The van der Waals surface area contributed by atoms with E-state index < -0.39 is 0 Å². The highest BCUT2D eigenvalue weighted by atomic mass is 16.2. The molecule has 2 aliphatic rings. The van der Waals surface area contributed by atoms with Gasteiger partial charge in [0.05, 0.1) is 5.71 Å². The van der Waals surface area contributed by atoms with Crippen LogP contribution in [-0.2, 0) is 4.79 Å². The SMILES string of the molecule is C/C(=N\NC(=O)C1CCCCC1)c1ccc(C2CCCCC2)cc1. The first kappa shape index (κ1) is 17.2. The first-order chi connectivity index (χ1) is 11.7. The van der Waals surface area contributed by atoms with Crippen molar-refractivity contribution in [3.05, 3.63) is 35.4 Å². The number of hydrazone groups is 1. The zero-order chi connectivity index (χ0) is 16.8. The first-order valence-corrected chi connectivity index (χ1v) is 9.68. The summed E-state index contributed by atoms with van der Waals surface area (Å²) in [6, 6.07) is 8.78. The summed E-state index contributed by atoms with van der Waals surface area (Å²) in [6.07, 6.45) is 12.4. The summed E-state index contributed by atoms with van der Waals surface area (Å²) in [7, 11) is 0. The molecule has 2 saturated carbocycles. The number of hydrogen-bond acceptors (Lipinski definition) is 2. The van der Waals surface area contributed by atoms with E-state index >= 15 is 0 Å². The molecule has 2 fully saturated rings. The van der Waals surface area contributed by atoms with E-state index in [9.17, 15) is 4.79 Å². The number of hydrogen-bond donors (Lipinski definition) is 1. The Labute approximate surface area is 145 Å². The second kappa shape index (κ2) is 8.46. The van der Waals surface area contributed by atoms with E-state index in [-0.39, 0.29) is 11.8 Å². The van der Waals surface area contributed by atoms with Crippen molar-refractivity contribution in [1.82, 2.24) is 5.43 Å². The fourth-order valence-corrected chi connectivity index (χ4v) is 4.09. The van der Waals surface area contributed by atoms with Gasteiger partial charge in [0, 0.05) is 5.92 Å². The van der Waals surface area contributed by atoms with Gasteiger partial charge >= 0.3 is 0 Å². The van der Waals surface area contributed by atoms with E-state index in [1.807, 2.05) is 6.92 Å². The fraction of sp³-hybridized carbons (Fsp3) is 0.619. The summed E-state index contributed by atoms with van der Waals surface area (Å²) in [5.41, 5.74) is 6.21. The number of nitrogens with zero attached hydrogens (tertiary/aromatic N) is 1. The number of rotatable bonds is 4. The molecular weight excluding hydrogens is 296 g/mol. The van der Waals surface area contributed by atoms with Gasteiger partial charge in [-0.15, -0.1) is 0 Å². The molecule has 0 saturated heterocycles. The molecule has 24 heavy (non-hydrogen) atoms. The van der Waals surface area contributed by atoms with Gasteiger partial charge in [0.1, 0.15) is 0 Å². The van der Waals surface area contributed by atoms with E-state index in [0.29, 0.717) is 0 Å². The van der Waals surface area contributed by atoms with Gasteiger partial charge in [-0.25, -0.2) is 5.43 Å². The Morgan fingerprint density at radius 1 is 0.917 bits per heavy atom. The third kappa shape index (κ3) is 4.46. The van der Waals surface area contributed by atoms with Crippen LogP contribution in [0.25, 0.3) is 0 Å². The highest BCUT2D eigenvalue weighted by Crippen LogP contribution is 2.32. The third-order valence-electron chi connectivity index (χ3n) is 5.71. The monoisotopic (exact) mass is 326 g/mol. The lowest BCUT2D eigenvalue weighted by Crippen LogP contribution is -2.29. The molecule has 0 atom stereocenters. The summed E-state index contributed by atoms with van der Waals surface area (Å²) < 4.78 is 0. The van der Waals surface area contributed by atoms with Gasteiger partial charge in [-0.05, 0) is 49.7 Å². The van der Waals surface area contributed by atoms with Crippen LogP contribution >= 0.6 is 0 Å². The van der Waals surface area contributed by atoms with E-state index in [2.05, 4.69) is 34.8 Å². The van der Waals surface area contributed by atoms with Gasteiger partial charge < -0.3 is 0 Å². The summed E-state index contributed by atoms with van der Waals surface area (Å²) in [5, 5.41) is 4.33. The Bertz CT molecular complexity index is 564. The minimum Gasteiger partial charge on any atom is -0.273 e. The van der Waals surface area contributed by atoms with Crippen LogP contribution in [0.2, 0.25) is 0 Å². The molecule has 0 unspecified atom stereocenters. The zero-order valence-electron chi connectivity index (χ0n) is 14.9. The standard InChI is InChI=1S/C21H30N2O/c1-16(22-23-21(24)20-10-6-3-7-11-20)17-12-14-19(15-13-17)18-8-4-2-5-9-18/h12-15,18,20H,2-11H2,1H3,(H,23,24)/b22-16+. The van der Waals surface area contributed by atoms with Gasteiger partial charge in [0.2, 0.25) is 5.91 Å². The molecule has 3 rings (SSSR count). The van der Waals surface area contributed by atoms with Crippen molar-refractivity contribution in [2.45, 2.75) is 77.0 Å². The van der Waals surface area contributed by atoms with Crippen LogP contribution in [0.15, 0.2) is 29.4 Å². The predicted octanol–water partition coefficient (Wildman–Crippen LogP) is 5.15. The highest BCUT2D eigenvalue weighted by Gasteiger charge is 2.20. The largest absolute Gasteiger partial charge is 0.273 e. The van der Waals surface area contributed by atoms with Gasteiger partial charge in [0.15, 0.2) is 0 Å². The molecule has 0 aromatic heterocycles. The third-order valence-corrected chi connectivity index (χ3v) is 5.71. The lowest BCUT2D eigenvalue weighted by atomic mass is 9.84. The summed E-state index contributed by atoms with van der Waals surface area (Å²) in [5.74, 6) is 0.980. The molecule has 130 valence electrons. The molecule has 3 heteroatoms. The molecule has 0 aliphatic heterocycles. The van der Waals surface area contributed by atoms with E-state index in [1.165, 1.54) is 56.9 Å². The van der Waals surface area contributed by atoms with Crippen molar-refractivity contribution in [2.75, 3.05) is 0 Å². The van der Waals surface area contributed by atoms with E-state index in [0.717, 1.165) is 30.0 Å². The van der Waals surface area contributed by atoms with E-state index in [1.54, 1.807) is 0 Å². The predicted molar refractivity (Wildman–Crippen MR) is 99.2 cm³/mol. The molecular formula is C21H30N2O. The Morgan fingerprint density at radius 2 is 1.50 bits per heavy atom. The topological polar surface area (TPSA) is 41.5 Å². The smallest absolute Gasteiger partial charge is 0.243 e. The number of carbonyl (C=O) groups is 1. The lowest BCUT2D eigenvalue weighted by molar-refractivity contribution is -0.125. The number of amides is 1. The maximum absolute atomic E-state index is 12.2. The fourth-order valence-electron chi connectivity index (χ4n) is 4.09. The van der Waals surface area contributed by atoms with E-state index in [4.69, 9.17) is 0 Å². The van der Waals surface area contributed by atoms with Crippen LogP contribution < -0.4 is 5.43 Å². The molecule has 1 amide bonds. The maximum Gasteiger partial charge on any atom is 0.243 e. The zero-order valence-corrected chi connectivity index (χ0v) is 14.9. The number of carbonyl (C=O) groups excluding carboxylic acids is 1. The Balaban J connectivity index is 1.57. The minimum atomic E-state index is 0.0906. The van der Waals surface area contributed by atoms with Crippen LogP contribution in [0.1, 0.15) is 88.2 Å². The highest BCUT2D eigenvalue weighted by molar-refractivity contribution is 5.99. The molecule has 1 aromatic rings. The van der Waals surface area contributed by atoms with Crippen LogP contribution in [-0.4, -0.2) is 11.6 Å². The molecule has 0 heterocycles. The van der Waals surface area contributed by atoms with Crippen molar-refractivity contribution >= 4 is 11.6 Å². The quantitative estimate of drug-likeness (QED) is 0.603. The average molecular weight is 326 g/mol. The molecule has 1 N–H and O–H groups in total. The van der Waals surface area contributed by atoms with Gasteiger partial charge in [-0.2, -0.15) is 5.10 Å². The van der Waals surface area contributed by atoms with Crippen molar-refractivity contribution in [2.24, 2.45) is 11.0 Å². The van der Waals surface area contributed by atoms with Gasteiger partial charge in [-0.3, -0.25) is 4.79 Å². The summed E-state index contributed by atoms with van der Waals surface area (Å²) >= 11 is 0. The normalized spacial score (nSPS) is 20.8. The molecule has 2 aliphatic carbocycles. The van der Waals surface area contributed by atoms with Crippen molar-refractivity contribution < 1.29 is 4.79 Å². The molecule has 1 aromatic carbocycles. The minimum absolute atomic E-state index is 0.0906. The van der Waals surface area contributed by atoms with Gasteiger partial charge in [-0.1, -0.05) is 62.8 Å². The number of benzene rings is 1. The maximum atomic E-state index is 12.2. The number of nitrogens with one attached hydrogen (secondary N) is 1. The van der Waals surface area contributed by atoms with Crippen LogP contribution in [0.3, 0.4) is 0 Å². The second-order valence-corrected chi connectivity index (χ2v) is 7.47. The summed E-state index contributed by atoms with van der Waals surface area (Å²) in [6.45, 7) is 1.97. The molecule has 0 radical (unpaired) electrons. The molecule has 0 bridgehead atoms. The lowest BCUT2D eigenvalue weighted by Gasteiger charge is -2.22. The van der Waals surface area contributed by atoms with Crippen LogP contribution in [0, 0.1) is 5.92 Å². The van der Waals surface area contributed by atoms with Crippen molar-refractivity contribution in [3.8, 4) is 0 Å². The average Bonchev–Trinajstić information content (AvgIpc) is 2.67. The molecule has 0 spiro atoms.